The fourth-order valence-corrected chi connectivity index (χ4v) is 6.41. The molecule has 0 saturated heterocycles. The summed E-state index contributed by atoms with van der Waals surface area (Å²) in [6, 6.07) is 20.9. The molecule has 2 aromatic rings. The van der Waals surface area contributed by atoms with E-state index in [1.807, 2.05) is 12.1 Å². The predicted octanol–water partition coefficient (Wildman–Crippen LogP) is 4.89. The van der Waals surface area contributed by atoms with Gasteiger partial charge in [-0.3, -0.25) is 0 Å². The molecule has 0 saturated carbocycles. The van der Waals surface area contributed by atoms with E-state index in [0.29, 0.717) is 0 Å². The molecule has 0 aromatic heterocycles. The zero-order valence-electron chi connectivity index (χ0n) is 18.0. The van der Waals surface area contributed by atoms with Crippen LogP contribution in [0.2, 0.25) is 0 Å². The van der Waals surface area contributed by atoms with Gasteiger partial charge in [-0.15, -0.1) is 0 Å². The van der Waals surface area contributed by atoms with Gasteiger partial charge in [0, 0.05) is 0 Å². The molecule has 0 aliphatic heterocycles. The Morgan fingerprint density at radius 1 is 0.821 bits per heavy atom. The first-order valence-corrected chi connectivity index (χ1v) is 12.3. The Hall–Kier alpha value is -1.71. The van der Waals surface area contributed by atoms with Crippen LogP contribution in [-0.4, -0.2) is 20.9 Å². The Kier molecular flexibility index (Phi) is 8.65. The number of hydrogen-bond acceptors (Lipinski definition) is 2. The van der Waals surface area contributed by atoms with Crippen molar-refractivity contribution in [2.75, 3.05) is 0 Å². The topological polar surface area (TPSA) is 26.3 Å². The number of carbonyl (C=O) groups is 1. The third kappa shape index (κ3) is 5.89. The van der Waals surface area contributed by atoms with Gasteiger partial charge in [0.15, 0.2) is 6.29 Å². The lowest BCUT2D eigenvalue weighted by Gasteiger charge is -2.43. The molecule has 152 valence electrons. The van der Waals surface area contributed by atoms with Gasteiger partial charge in [-0.1, -0.05) is 120 Å². The minimum Gasteiger partial charge on any atom is -0.398 e. The first-order chi connectivity index (χ1) is 13.4. The summed E-state index contributed by atoms with van der Waals surface area (Å²) in [7, 11) is -1.99. The molecule has 0 N–H and O–H groups in total. The average Bonchev–Trinajstić information content (AvgIpc) is 2.70. The lowest BCUT2D eigenvalue weighted by Crippen LogP contribution is -2.57. The van der Waals surface area contributed by atoms with Crippen molar-refractivity contribution in [3.05, 3.63) is 60.7 Å². The summed E-state index contributed by atoms with van der Waals surface area (Å²) in [4.78, 5) is 12.5. The molecule has 1 unspecified atom stereocenters. The molecule has 28 heavy (non-hydrogen) atoms. The van der Waals surface area contributed by atoms with E-state index in [1.165, 1.54) is 29.6 Å². The van der Waals surface area contributed by atoms with Crippen molar-refractivity contribution >= 4 is 25.7 Å². The summed E-state index contributed by atoms with van der Waals surface area (Å²) in [6.07, 6.45) is 7.79. The molecule has 0 radical (unpaired) electrons. The van der Waals surface area contributed by atoms with Crippen LogP contribution < -0.4 is 10.4 Å². The van der Waals surface area contributed by atoms with Crippen LogP contribution in [0.4, 0.5) is 0 Å². The van der Waals surface area contributed by atoms with E-state index in [4.69, 9.17) is 4.43 Å². The van der Waals surface area contributed by atoms with E-state index in [9.17, 15) is 4.79 Å². The van der Waals surface area contributed by atoms with Crippen LogP contribution in [0, 0.1) is 5.41 Å². The number of unbranched alkanes of at least 4 members (excludes halogenated alkanes) is 4. The number of aldehydes is 1. The molecule has 0 heterocycles. The van der Waals surface area contributed by atoms with Crippen LogP contribution >= 0.6 is 0 Å². The molecule has 2 aromatic carbocycles. The monoisotopic (exact) mass is 396 g/mol. The van der Waals surface area contributed by atoms with Crippen LogP contribution in [0.25, 0.3) is 0 Å². The first-order valence-electron chi connectivity index (χ1n) is 10.7. The normalized spacial score (nSPS) is 14.0. The van der Waals surface area contributed by atoms with Crippen molar-refractivity contribution in [1.82, 2.24) is 0 Å². The molecule has 0 amide bonds. The second-order valence-corrected chi connectivity index (χ2v) is 11.1. The van der Waals surface area contributed by atoms with E-state index >= 15 is 0 Å². The van der Waals surface area contributed by atoms with Gasteiger partial charge < -0.3 is 9.22 Å². The highest BCUT2D eigenvalue weighted by molar-refractivity contribution is 6.80. The summed E-state index contributed by atoms with van der Waals surface area (Å²) in [5.74, 6) is 0. The Labute approximate surface area is 173 Å². The third-order valence-electron chi connectivity index (χ3n) is 5.64. The van der Waals surface area contributed by atoms with Crippen molar-refractivity contribution in [2.45, 2.75) is 71.8 Å². The summed E-state index contributed by atoms with van der Waals surface area (Å²) in [6.45, 7) is 8.63. The number of benzene rings is 2. The van der Waals surface area contributed by atoms with E-state index in [2.05, 4.69) is 76.2 Å². The third-order valence-corrected chi connectivity index (χ3v) is 8.28. The minimum atomic E-state index is -1.99. The fraction of sp³-hybridized carbons (Fsp3) is 0.480. The Morgan fingerprint density at radius 3 is 1.75 bits per heavy atom. The van der Waals surface area contributed by atoms with Crippen LogP contribution in [0.1, 0.15) is 66.2 Å². The van der Waals surface area contributed by atoms with Crippen molar-refractivity contribution in [2.24, 2.45) is 5.41 Å². The number of hydrogen-bond donors (Lipinski definition) is 0. The van der Waals surface area contributed by atoms with Gasteiger partial charge in [0.2, 0.25) is 9.04 Å². The maximum absolute atomic E-state index is 12.5. The molecule has 0 fully saturated rings. The van der Waals surface area contributed by atoms with Crippen LogP contribution in [-0.2, 0) is 9.22 Å². The summed E-state index contributed by atoms with van der Waals surface area (Å²) < 4.78 is 6.90. The lowest BCUT2D eigenvalue weighted by atomic mass is 9.74. The second-order valence-electron chi connectivity index (χ2n) is 8.74. The first kappa shape index (κ1) is 22.6. The molecular formula is C25H36O2Si. The Bertz CT molecular complexity index is 654. The quantitative estimate of drug-likeness (QED) is 0.307. The standard InChI is InChI=1S/C25H36O2Si/c1-5-6-7-8-15-20-25(21-26,24(2,3)4)27-28(22-16-11-9-12-17-22)23-18-13-10-14-19-23/h9-14,16-19,21,28H,5-8,15,20H2,1-4H3. The van der Waals surface area contributed by atoms with Gasteiger partial charge in [-0.05, 0) is 22.2 Å². The zero-order valence-corrected chi connectivity index (χ0v) is 19.1. The molecule has 3 heteroatoms. The Morgan fingerprint density at radius 2 is 1.32 bits per heavy atom. The zero-order chi connectivity index (χ0) is 20.5. The maximum Gasteiger partial charge on any atom is 0.241 e. The van der Waals surface area contributed by atoms with Crippen LogP contribution in [0.5, 0.6) is 0 Å². The molecule has 0 aliphatic rings. The van der Waals surface area contributed by atoms with Crippen LogP contribution in [0.3, 0.4) is 0 Å². The molecule has 0 aliphatic carbocycles. The summed E-state index contributed by atoms with van der Waals surface area (Å²) >= 11 is 0. The highest BCUT2D eigenvalue weighted by atomic mass is 28.3. The molecule has 2 rings (SSSR count). The van der Waals surface area contributed by atoms with Gasteiger partial charge in [0.25, 0.3) is 0 Å². The van der Waals surface area contributed by atoms with Gasteiger partial charge in [0.1, 0.15) is 5.60 Å². The van der Waals surface area contributed by atoms with Crippen LogP contribution in [0.15, 0.2) is 60.7 Å². The molecule has 2 nitrogen and oxygen atoms in total. The molecule has 1 atom stereocenters. The van der Waals surface area contributed by atoms with Gasteiger partial charge >= 0.3 is 0 Å². The number of carbonyl (C=O) groups excluding carboxylic acids is 1. The smallest absolute Gasteiger partial charge is 0.241 e. The lowest BCUT2D eigenvalue weighted by molar-refractivity contribution is -0.132. The SMILES string of the molecule is CCCCCCCC(C=O)(O[SiH](c1ccccc1)c1ccccc1)C(C)(C)C. The molecule has 0 spiro atoms. The largest absolute Gasteiger partial charge is 0.398 e. The van der Waals surface area contributed by atoms with E-state index in [1.54, 1.807) is 0 Å². The maximum atomic E-state index is 12.5. The van der Waals surface area contributed by atoms with Crippen molar-refractivity contribution in [3.8, 4) is 0 Å². The highest BCUT2D eigenvalue weighted by Crippen LogP contribution is 2.37. The summed E-state index contributed by atoms with van der Waals surface area (Å²) in [5.41, 5.74) is -1.02. The predicted molar refractivity (Wildman–Crippen MR) is 122 cm³/mol. The average molecular weight is 397 g/mol. The van der Waals surface area contributed by atoms with Crippen molar-refractivity contribution < 1.29 is 9.22 Å². The fourth-order valence-electron chi connectivity index (χ4n) is 3.66. The number of rotatable bonds is 11. The van der Waals surface area contributed by atoms with Crippen molar-refractivity contribution in [3.63, 3.8) is 0 Å². The van der Waals surface area contributed by atoms with Crippen molar-refractivity contribution in [1.29, 1.82) is 0 Å². The molecular weight excluding hydrogens is 360 g/mol. The second kappa shape index (κ2) is 10.7. The Balaban J connectivity index is 2.33. The highest BCUT2D eigenvalue weighted by Gasteiger charge is 2.44. The molecule has 0 bridgehead atoms. The minimum absolute atomic E-state index is 0.256. The van der Waals surface area contributed by atoms with Gasteiger partial charge in [-0.25, -0.2) is 0 Å². The van der Waals surface area contributed by atoms with Gasteiger partial charge in [-0.2, -0.15) is 0 Å². The van der Waals surface area contributed by atoms with E-state index in [0.717, 1.165) is 25.5 Å². The van der Waals surface area contributed by atoms with E-state index in [-0.39, 0.29) is 5.41 Å². The summed E-state index contributed by atoms with van der Waals surface area (Å²) in [5, 5.41) is 2.44. The van der Waals surface area contributed by atoms with E-state index < -0.39 is 14.6 Å². The van der Waals surface area contributed by atoms with Gasteiger partial charge in [0.05, 0.1) is 0 Å².